The van der Waals surface area contributed by atoms with Crippen LogP contribution in [-0.2, 0) is 0 Å². The lowest BCUT2D eigenvalue weighted by Gasteiger charge is -2.32. The van der Waals surface area contributed by atoms with Crippen LogP contribution >= 0.6 is 11.3 Å². The molecule has 0 saturated carbocycles. The van der Waals surface area contributed by atoms with Gasteiger partial charge in [0, 0.05) is 31.8 Å². The van der Waals surface area contributed by atoms with Crippen LogP contribution in [-0.4, -0.2) is 10.4 Å². The van der Waals surface area contributed by atoms with Crippen molar-refractivity contribution in [2.24, 2.45) is 4.99 Å². The Hall–Kier alpha value is -6.79. The Morgan fingerprint density at radius 3 is 1.86 bits per heavy atom. The standard InChI is InChI=1S/C51H36N4S/c1-5-16-33(17-6-1)37-28-29-40-39-24-13-14-26-43(39)55(45(40)32-37)44-27-15-25-41-46-42(31-30-38(48(46)56-47(41)44)34-18-7-2-8-19-34)51-53-49(35-20-9-3-10-21-35)52-50(54-51)36-22-11-4-12-23-36/h1-32,49-50,52H,(H,53,54). The van der Waals surface area contributed by atoms with Gasteiger partial charge in [-0.05, 0) is 57.6 Å². The summed E-state index contributed by atoms with van der Waals surface area (Å²) in [4.78, 5) is 5.42. The molecule has 56 heavy (non-hydrogen) atoms. The van der Waals surface area contributed by atoms with E-state index >= 15 is 0 Å². The first kappa shape index (κ1) is 32.6. The van der Waals surface area contributed by atoms with Crippen LogP contribution in [0.1, 0.15) is 29.0 Å². The fourth-order valence-corrected chi connectivity index (χ4v) is 9.83. The molecule has 5 heteroatoms. The fraction of sp³-hybridized carbons (Fsp3) is 0.0392. The molecule has 0 fully saturated rings. The van der Waals surface area contributed by atoms with Gasteiger partial charge in [-0.1, -0.05) is 170 Å². The molecule has 0 saturated heterocycles. The summed E-state index contributed by atoms with van der Waals surface area (Å²) in [6.07, 6.45) is -0.354. The van der Waals surface area contributed by atoms with Crippen molar-refractivity contribution in [1.82, 2.24) is 15.2 Å². The Balaban J connectivity index is 1.18. The molecule has 3 heterocycles. The Labute approximate surface area is 329 Å². The number of nitrogens with one attached hydrogen (secondary N) is 2. The normalized spacial score (nSPS) is 15.7. The van der Waals surface area contributed by atoms with E-state index in [0.717, 1.165) is 22.5 Å². The molecule has 0 radical (unpaired) electrons. The van der Waals surface area contributed by atoms with Gasteiger partial charge in [0.2, 0.25) is 0 Å². The Bertz CT molecular complexity index is 3080. The Morgan fingerprint density at radius 2 is 1.09 bits per heavy atom. The number of rotatable bonds is 6. The first-order valence-corrected chi connectivity index (χ1v) is 19.9. The van der Waals surface area contributed by atoms with Crippen LogP contribution in [0.15, 0.2) is 199 Å². The lowest BCUT2D eigenvalue weighted by Crippen LogP contribution is -2.45. The van der Waals surface area contributed by atoms with E-state index < -0.39 is 0 Å². The number of hydrogen-bond acceptors (Lipinski definition) is 4. The second-order valence-electron chi connectivity index (χ2n) is 14.4. The molecular weight excluding hydrogens is 701 g/mol. The molecular formula is C51H36N4S. The molecule has 2 N–H and O–H groups in total. The minimum atomic E-state index is -0.224. The Morgan fingerprint density at radius 1 is 0.464 bits per heavy atom. The molecule has 0 bridgehead atoms. The summed E-state index contributed by atoms with van der Waals surface area (Å²) in [5.41, 5.74) is 11.8. The van der Waals surface area contributed by atoms with Crippen LogP contribution in [0.2, 0.25) is 0 Å². The molecule has 0 aliphatic carbocycles. The highest BCUT2D eigenvalue weighted by molar-refractivity contribution is 7.26. The van der Waals surface area contributed by atoms with Gasteiger partial charge in [0.1, 0.15) is 18.2 Å². The number of aromatic nitrogens is 1. The Kier molecular flexibility index (Phi) is 7.87. The second kappa shape index (κ2) is 13.5. The predicted octanol–water partition coefficient (Wildman–Crippen LogP) is 12.8. The average Bonchev–Trinajstić information content (AvgIpc) is 3.83. The molecule has 10 aromatic rings. The summed E-state index contributed by atoms with van der Waals surface area (Å²) < 4.78 is 4.97. The smallest absolute Gasteiger partial charge is 0.132 e. The van der Waals surface area contributed by atoms with Crippen molar-refractivity contribution < 1.29 is 0 Å². The first-order chi connectivity index (χ1) is 27.8. The third-order valence-electron chi connectivity index (χ3n) is 11.1. The van der Waals surface area contributed by atoms with E-state index in [1.807, 2.05) is 11.3 Å². The van der Waals surface area contributed by atoms with E-state index in [-0.39, 0.29) is 12.3 Å². The van der Waals surface area contributed by atoms with Crippen molar-refractivity contribution in [2.45, 2.75) is 12.3 Å². The second-order valence-corrected chi connectivity index (χ2v) is 15.4. The van der Waals surface area contributed by atoms with Gasteiger partial charge in [-0.25, -0.2) is 4.99 Å². The number of benzene rings is 8. The summed E-state index contributed by atoms with van der Waals surface area (Å²) >= 11 is 1.88. The van der Waals surface area contributed by atoms with Gasteiger partial charge in [0.05, 0.1) is 21.4 Å². The minimum Gasteiger partial charge on any atom is -0.350 e. The highest BCUT2D eigenvalue weighted by Gasteiger charge is 2.28. The lowest BCUT2D eigenvalue weighted by atomic mass is 9.97. The van der Waals surface area contributed by atoms with E-state index in [2.05, 4.69) is 209 Å². The molecule has 0 amide bonds. The van der Waals surface area contributed by atoms with E-state index in [1.54, 1.807) is 0 Å². The van der Waals surface area contributed by atoms with Gasteiger partial charge < -0.3 is 9.88 Å². The van der Waals surface area contributed by atoms with Crippen LogP contribution < -0.4 is 10.6 Å². The number of para-hydroxylation sites is 1. The molecule has 2 aromatic heterocycles. The molecule has 2 atom stereocenters. The summed E-state index contributed by atoms with van der Waals surface area (Å²) in [5, 5.41) is 12.5. The SMILES string of the molecule is c1ccc(-c2ccc3c4ccccc4n(-c4cccc5c4sc4c(-c6ccccc6)ccc(C6=NC(c7ccccc7)NC(c7ccccc7)N6)c45)c3c2)cc1. The van der Waals surface area contributed by atoms with Crippen LogP contribution in [0.4, 0.5) is 0 Å². The van der Waals surface area contributed by atoms with E-state index in [0.29, 0.717) is 0 Å². The predicted molar refractivity (Wildman–Crippen MR) is 236 cm³/mol. The quantitative estimate of drug-likeness (QED) is 0.178. The summed E-state index contributed by atoms with van der Waals surface area (Å²) in [5.74, 6) is 0.880. The molecule has 0 spiro atoms. The zero-order valence-corrected chi connectivity index (χ0v) is 31.2. The van der Waals surface area contributed by atoms with Crippen molar-refractivity contribution >= 4 is 59.2 Å². The van der Waals surface area contributed by atoms with Crippen molar-refractivity contribution in [3.8, 4) is 27.9 Å². The minimum absolute atomic E-state index is 0.130. The van der Waals surface area contributed by atoms with Crippen LogP contribution in [0.5, 0.6) is 0 Å². The van der Waals surface area contributed by atoms with Gasteiger partial charge in [-0.15, -0.1) is 11.3 Å². The maximum absolute atomic E-state index is 5.42. The highest BCUT2D eigenvalue weighted by atomic mass is 32.1. The van der Waals surface area contributed by atoms with Gasteiger partial charge in [-0.2, -0.15) is 0 Å². The van der Waals surface area contributed by atoms with Gasteiger partial charge in [0.25, 0.3) is 0 Å². The average molecular weight is 737 g/mol. The zero-order chi connectivity index (χ0) is 37.0. The van der Waals surface area contributed by atoms with Crippen molar-refractivity contribution in [2.75, 3.05) is 0 Å². The number of hydrogen-bond donors (Lipinski definition) is 2. The van der Waals surface area contributed by atoms with Gasteiger partial charge in [0.15, 0.2) is 0 Å². The molecule has 11 rings (SSSR count). The number of amidine groups is 1. The molecule has 1 aliphatic heterocycles. The number of aliphatic imine (C=N–C) groups is 1. The maximum Gasteiger partial charge on any atom is 0.132 e. The third kappa shape index (κ3) is 5.43. The lowest BCUT2D eigenvalue weighted by molar-refractivity contribution is 0.409. The highest BCUT2D eigenvalue weighted by Crippen LogP contribution is 2.46. The van der Waals surface area contributed by atoms with E-state index in [4.69, 9.17) is 4.99 Å². The number of nitrogens with zero attached hydrogens (tertiary/aromatic N) is 2. The van der Waals surface area contributed by atoms with Crippen LogP contribution in [0.3, 0.4) is 0 Å². The summed E-state index contributed by atoms with van der Waals surface area (Å²) in [6.45, 7) is 0. The third-order valence-corrected chi connectivity index (χ3v) is 12.4. The summed E-state index contributed by atoms with van der Waals surface area (Å²) in [6, 6.07) is 69.7. The first-order valence-electron chi connectivity index (χ1n) is 19.1. The maximum atomic E-state index is 5.42. The molecule has 8 aromatic carbocycles. The van der Waals surface area contributed by atoms with E-state index in [1.165, 1.54) is 69.9 Å². The number of fused-ring (bicyclic) bond motifs is 6. The number of thiophene rings is 1. The van der Waals surface area contributed by atoms with Gasteiger partial charge >= 0.3 is 0 Å². The molecule has 266 valence electrons. The molecule has 1 aliphatic rings. The molecule has 2 unspecified atom stereocenters. The topological polar surface area (TPSA) is 41.4 Å². The monoisotopic (exact) mass is 736 g/mol. The van der Waals surface area contributed by atoms with Crippen molar-refractivity contribution in [3.05, 3.63) is 211 Å². The van der Waals surface area contributed by atoms with Gasteiger partial charge in [-0.3, -0.25) is 5.32 Å². The zero-order valence-electron chi connectivity index (χ0n) is 30.4. The van der Waals surface area contributed by atoms with E-state index in [9.17, 15) is 0 Å². The van der Waals surface area contributed by atoms with Crippen molar-refractivity contribution in [1.29, 1.82) is 0 Å². The molecule has 4 nitrogen and oxygen atoms in total. The van der Waals surface area contributed by atoms with Crippen molar-refractivity contribution in [3.63, 3.8) is 0 Å². The van der Waals surface area contributed by atoms with Crippen LogP contribution in [0.25, 0.3) is 69.9 Å². The largest absolute Gasteiger partial charge is 0.350 e. The fourth-order valence-electron chi connectivity index (χ4n) is 8.46. The summed E-state index contributed by atoms with van der Waals surface area (Å²) in [7, 11) is 0. The van der Waals surface area contributed by atoms with Crippen LogP contribution in [0, 0.1) is 0 Å².